The summed E-state index contributed by atoms with van der Waals surface area (Å²) in [6, 6.07) is 8.96. The van der Waals surface area contributed by atoms with E-state index in [0.29, 0.717) is 11.4 Å². The number of aryl methyl sites for hydroxylation is 1. The van der Waals surface area contributed by atoms with Gasteiger partial charge < -0.3 is 4.57 Å². The lowest BCUT2D eigenvalue weighted by molar-refractivity contribution is 0.578. The van der Waals surface area contributed by atoms with E-state index in [4.69, 9.17) is 0 Å². The number of hydrogen-bond donors (Lipinski definition) is 1. The van der Waals surface area contributed by atoms with E-state index in [0.717, 1.165) is 11.1 Å². The predicted molar refractivity (Wildman–Crippen MR) is 84.6 cm³/mol. The lowest BCUT2D eigenvalue weighted by atomic mass is 9.87. The van der Waals surface area contributed by atoms with Crippen molar-refractivity contribution >= 4 is 10.0 Å². The summed E-state index contributed by atoms with van der Waals surface area (Å²) in [5, 5.41) is 0. The van der Waals surface area contributed by atoms with E-state index < -0.39 is 10.0 Å². The second-order valence-corrected chi connectivity index (χ2v) is 8.05. The summed E-state index contributed by atoms with van der Waals surface area (Å²) in [6.07, 6.45) is 3.78. The van der Waals surface area contributed by atoms with Gasteiger partial charge in [-0.25, -0.2) is 13.1 Å². The molecule has 1 heterocycles. The highest BCUT2D eigenvalue weighted by Gasteiger charge is 2.17. The van der Waals surface area contributed by atoms with E-state index in [-0.39, 0.29) is 5.41 Å². The fourth-order valence-electron chi connectivity index (χ4n) is 2.06. The molecule has 0 spiro atoms. The number of benzene rings is 1. The summed E-state index contributed by atoms with van der Waals surface area (Å²) in [7, 11) is -1.56. The van der Waals surface area contributed by atoms with Crippen molar-refractivity contribution in [2.45, 2.75) is 37.6 Å². The first-order chi connectivity index (χ1) is 9.68. The van der Waals surface area contributed by atoms with Crippen LogP contribution in [0.4, 0.5) is 0 Å². The van der Waals surface area contributed by atoms with E-state index in [1.807, 2.05) is 42.2 Å². The molecule has 1 aromatic heterocycles. The molecule has 0 fully saturated rings. The van der Waals surface area contributed by atoms with Crippen molar-refractivity contribution in [3.05, 3.63) is 53.9 Å². The summed E-state index contributed by atoms with van der Waals surface area (Å²) in [5.74, 6) is 0. The van der Waals surface area contributed by atoms with E-state index in [2.05, 4.69) is 25.5 Å². The van der Waals surface area contributed by atoms with Gasteiger partial charge in [-0.2, -0.15) is 0 Å². The molecule has 0 aliphatic rings. The normalized spacial score (nSPS) is 12.6. The topological polar surface area (TPSA) is 51.1 Å². The zero-order valence-corrected chi connectivity index (χ0v) is 13.7. The third-order valence-electron chi connectivity index (χ3n) is 3.39. The van der Waals surface area contributed by atoms with Crippen LogP contribution in [-0.2, 0) is 29.0 Å². The van der Waals surface area contributed by atoms with Crippen LogP contribution in [-0.4, -0.2) is 13.0 Å². The third-order valence-corrected chi connectivity index (χ3v) is 4.81. The number of rotatable bonds is 4. The highest BCUT2D eigenvalue weighted by molar-refractivity contribution is 7.89. The molecular weight excluding hydrogens is 284 g/mol. The van der Waals surface area contributed by atoms with Gasteiger partial charge in [0, 0.05) is 26.0 Å². The molecule has 2 rings (SSSR count). The van der Waals surface area contributed by atoms with Crippen LogP contribution < -0.4 is 4.72 Å². The molecule has 21 heavy (non-hydrogen) atoms. The number of nitrogens with one attached hydrogen (secondary N) is 1. The van der Waals surface area contributed by atoms with Gasteiger partial charge in [0.15, 0.2) is 0 Å². The Bertz CT molecular complexity index is 707. The quantitative estimate of drug-likeness (QED) is 0.944. The molecule has 0 bridgehead atoms. The zero-order chi connectivity index (χ0) is 15.7. The lowest BCUT2D eigenvalue weighted by Gasteiger charge is -2.19. The molecule has 0 amide bonds. The van der Waals surface area contributed by atoms with Crippen molar-refractivity contribution < 1.29 is 8.42 Å². The third kappa shape index (κ3) is 3.95. The Balaban J connectivity index is 2.12. The Hall–Kier alpha value is -1.59. The molecule has 0 radical (unpaired) electrons. The molecule has 0 saturated carbocycles. The Morgan fingerprint density at radius 3 is 2.19 bits per heavy atom. The Kier molecular flexibility index (Phi) is 4.25. The van der Waals surface area contributed by atoms with Crippen LogP contribution >= 0.6 is 0 Å². The maximum atomic E-state index is 12.3. The van der Waals surface area contributed by atoms with Gasteiger partial charge in [-0.1, -0.05) is 32.9 Å². The largest absolute Gasteiger partial charge is 0.357 e. The summed E-state index contributed by atoms with van der Waals surface area (Å²) in [4.78, 5) is 0.298. The van der Waals surface area contributed by atoms with Crippen molar-refractivity contribution in [2.24, 2.45) is 7.05 Å². The van der Waals surface area contributed by atoms with Crippen LogP contribution in [0.5, 0.6) is 0 Å². The van der Waals surface area contributed by atoms with Gasteiger partial charge in [0.1, 0.15) is 0 Å². The molecule has 0 unspecified atom stereocenters. The maximum absolute atomic E-state index is 12.3. The first-order valence-electron chi connectivity index (χ1n) is 6.89. The molecule has 114 valence electrons. The Morgan fingerprint density at radius 2 is 1.71 bits per heavy atom. The first-order valence-corrected chi connectivity index (χ1v) is 8.38. The molecule has 1 aromatic carbocycles. The zero-order valence-electron chi connectivity index (χ0n) is 12.9. The molecule has 4 nitrogen and oxygen atoms in total. The molecular formula is C16H22N2O2S. The minimum absolute atomic E-state index is 0.0136. The molecule has 0 aliphatic carbocycles. The monoisotopic (exact) mass is 306 g/mol. The van der Waals surface area contributed by atoms with Gasteiger partial charge in [0.2, 0.25) is 10.0 Å². The SMILES string of the molecule is Cn1ccc(CNS(=O)(=O)c2ccc(C(C)(C)C)cc2)c1. The predicted octanol–water partition coefficient (Wildman–Crippen LogP) is 2.80. The standard InChI is InChI=1S/C16H22N2O2S/c1-16(2,3)14-5-7-15(8-6-14)21(19,20)17-11-13-9-10-18(4)12-13/h5-10,12,17H,11H2,1-4H3. The molecule has 0 atom stereocenters. The van der Waals surface area contributed by atoms with E-state index >= 15 is 0 Å². The van der Waals surface area contributed by atoms with Crippen LogP contribution in [0.3, 0.4) is 0 Å². The number of hydrogen-bond acceptors (Lipinski definition) is 2. The average Bonchev–Trinajstić information content (AvgIpc) is 2.82. The highest BCUT2D eigenvalue weighted by Crippen LogP contribution is 2.23. The second kappa shape index (κ2) is 5.66. The summed E-state index contributed by atoms with van der Waals surface area (Å²) >= 11 is 0. The van der Waals surface area contributed by atoms with Crippen molar-refractivity contribution in [3.63, 3.8) is 0 Å². The van der Waals surface area contributed by atoms with Crippen LogP contribution in [0.25, 0.3) is 0 Å². The molecule has 5 heteroatoms. The van der Waals surface area contributed by atoms with Crippen molar-refractivity contribution in [3.8, 4) is 0 Å². The number of aromatic nitrogens is 1. The van der Waals surface area contributed by atoms with Gasteiger partial charge in [-0.3, -0.25) is 0 Å². The Morgan fingerprint density at radius 1 is 1.10 bits per heavy atom. The van der Waals surface area contributed by atoms with Crippen molar-refractivity contribution in [1.82, 2.24) is 9.29 Å². The van der Waals surface area contributed by atoms with Gasteiger partial charge in [0.05, 0.1) is 4.90 Å². The van der Waals surface area contributed by atoms with Gasteiger partial charge in [-0.15, -0.1) is 0 Å². The van der Waals surface area contributed by atoms with Crippen LogP contribution in [0.2, 0.25) is 0 Å². The van der Waals surface area contributed by atoms with Crippen LogP contribution in [0, 0.1) is 0 Å². The first kappa shape index (κ1) is 15.8. The maximum Gasteiger partial charge on any atom is 0.240 e. The fraction of sp³-hybridized carbons (Fsp3) is 0.375. The van der Waals surface area contributed by atoms with Crippen molar-refractivity contribution in [2.75, 3.05) is 0 Å². The van der Waals surface area contributed by atoms with Crippen LogP contribution in [0.15, 0.2) is 47.6 Å². The van der Waals surface area contributed by atoms with Gasteiger partial charge >= 0.3 is 0 Å². The van der Waals surface area contributed by atoms with Gasteiger partial charge in [-0.05, 0) is 34.7 Å². The summed E-state index contributed by atoms with van der Waals surface area (Å²) in [5.41, 5.74) is 2.07. The summed E-state index contributed by atoms with van der Waals surface area (Å²) in [6.45, 7) is 6.60. The van der Waals surface area contributed by atoms with Crippen LogP contribution in [0.1, 0.15) is 31.9 Å². The molecule has 0 saturated heterocycles. The number of sulfonamides is 1. The fourth-order valence-corrected chi connectivity index (χ4v) is 3.08. The summed E-state index contributed by atoms with van der Waals surface area (Å²) < 4.78 is 29.0. The smallest absolute Gasteiger partial charge is 0.240 e. The molecule has 2 aromatic rings. The molecule has 0 aliphatic heterocycles. The number of nitrogens with zero attached hydrogens (tertiary/aromatic N) is 1. The second-order valence-electron chi connectivity index (χ2n) is 6.28. The lowest BCUT2D eigenvalue weighted by Crippen LogP contribution is -2.23. The van der Waals surface area contributed by atoms with Crippen molar-refractivity contribution in [1.29, 1.82) is 0 Å². The highest BCUT2D eigenvalue weighted by atomic mass is 32.2. The van der Waals surface area contributed by atoms with E-state index in [9.17, 15) is 8.42 Å². The average molecular weight is 306 g/mol. The van der Waals surface area contributed by atoms with Gasteiger partial charge in [0.25, 0.3) is 0 Å². The minimum Gasteiger partial charge on any atom is -0.357 e. The molecule has 1 N–H and O–H groups in total. The minimum atomic E-state index is -3.47. The van der Waals surface area contributed by atoms with E-state index in [1.54, 1.807) is 12.1 Å². The Labute approximate surface area is 126 Å². The van der Waals surface area contributed by atoms with E-state index in [1.165, 1.54) is 0 Å².